The number of methoxy groups -OCH3 is 1. The van der Waals surface area contributed by atoms with Crippen molar-refractivity contribution in [3.63, 3.8) is 0 Å². The lowest BCUT2D eigenvalue weighted by Gasteiger charge is -2.12. The van der Waals surface area contributed by atoms with Crippen molar-refractivity contribution in [2.45, 2.75) is 16.1 Å². The first-order chi connectivity index (χ1) is 11.5. The third-order valence-corrected chi connectivity index (χ3v) is 6.89. The quantitative estimate of drug-likeness (QED) is 0.868. The highest BCUT2D eigenvalue weighted by atomic mass is 32.2. The van der Waals surface area contributed by atoms with Crippen LogP contribution in [0.3, 0.4) is 0 Å². The molecule has 5 nitrogen and oxygen atoms in total. The van der Waals surface area contributed by atoms with Crippen molar-refractivity contribution in [2.24, 2.45) is 5.41 Å². The molecule has 0 saturated heterocycles. The summed E-state index contributed by atoms with van der Waals surface area (Å²) in [5, 5.41) is 8.75. The Balaban J connectivity index is 2.12. The van der Waals surface area contributed by atoms with Crippen LogP contribution in [-0.2, 0) is 19.4 Å². The van der Waals surface area contributed by atoms with Crippen molar-refractivity contribution in [3.8, 4) is 0 Å². The standard InChI is InChI=1S/C18H18O5S/c1-23-12-18(17(19)20)15(13-8-4-2-5-9-13)16(18)24(21,22)14-10-6-3-7-11-14/h2-11,15-16H,12H2,1H3,(H,19,20)/t15-,16+,18-/m0/s1. The van der Waals surface area contributed by atoms with E-state index in [0.29, 0.717) is 5.56 Å². The highest BCUT2D eigenvalue weighted by Crippen LogP contribution is 2.64. The highest BCUT2D eigenvalue weighted by molar-refractivity contribution is 7.92. The van der Waals surface area contributed by atoms with Gasteiger partial charge in [0.2, 0.25) is 0 Å². The third-order valence-electron chi connectivity index (χ3n) is 4.60. The number of carbonyl (C=O) groups is 1. The molecule has 2 aromatic rings. The Kier molecular flexibility index (Phi) is 4.19. The number of benzene rings is 2. The molecular formula is C18H18O5S. The lowest BCUT2D eigenvalue weighted by atomic mass is 10.0. The van der Waals surface area contributed by atoms with Gasteiger partial charge in [-0.25, -0.2) is 8.42 Å². The number of sulfone groups is 1. The van der Waals surface area contributed by atoms with E-state index in [9.17, 15) is 18.3 Å². The van der Waals surface area contributed by atoms with Crippen LogP contribution < -0.4 is 0 Å². The van der Waals surface area contributed by atoms with E-state index in [-0.39, 0.29) is 11.5 Å². The number of rotatable bonds is 6. The summed E-state index contributed by atoms with van der Waals surface area (Å²) in [6.45, 7) is -0.154. The average Bonchev–Trinajstić information content (AvgIpc) is 3.28. The molecule has 0 unspecified atom stereocenters. The molecule has 1 aliphatic rings. The molecule has 1 N–H and O–H groups in total. The summed E-state index contributed by atoms with van der Waals surface area (Å²) < 4.78 is 31.2. The smallest absolute Gasteiger partial charge is 0.314 e. The molecule has 0 heterocycles. The van der Waals surface area contributed by atoms with Gasteiger partial charge in [-0.05, 0) is 17.7 Å². The second kappa shape index (κ2) is 6.03. The second-order valence-corrected chi connectivity index (χ2v) is 8.01. The summed E-state index contributed by atoms with van der Waals surface area (Å²) in [7, 11) is -2.41. The maximum Gasteiger partial charge on any atom is 0.314 e. The van der Waals surface area contributed by atoms with E-state index in [1.807, 2.05) is 6.07 Å². The molecule has 1 saturated carbocycles. The lowest BCUT2D eigenvalue weighted by molar-refractivity contribution is -0.145. The van der Waals surface area contributed by atoms with Crippen LogP contribution in [0.5, 0.6) is 0 Å². The molecule has 0 radical (unpaired) electrons. The molecule has 1 aliphatic carbocycles. The van der Waals surface area contributed by atoms with E-state index in [0.717, 1.165) is 0 Å². The van der Waals surface area contributed by atoms with E-state index in [4.69, 9.17) is 4.74 Å². The average molecular weight is 346 g/mol. The minimum absolute atomic E-state index is 0.134. The Morgan fingerprint density at radius 3 is 2.12 bits per heavy atom. The molecule has 126 valence electrons. The fourth-order valence-corrected chi connectivity index (χ4v) is 5.86. The van der Waals surface area contributed by atoms with Gasteiger partial charge in [-0.1, -0.05) is 48.5 Å². The van der Waals surface area contributed by atoms with Crippen LogP contribution in [0.4, 0.5) is 0 Å². The Hall–Kier alpha value is -2.18. The summed E-state index contributed by atoms with van der Waals surface area (Å²) in [6, 6.07) is 16.9. The molecule has 0 aliphatic heterocycles. The maximum absolute atomic E-state index is 13.1. The lowest BCUT2D eigenvalue weighted by Crippen LogP contribution is -2.28. The van der Waals surface area contributed by atoms with Gasteiger partial charge in [0.25, 0.3) is 0 Å². The van der Waals surface area contributed by atoms with Gasteiger partial charge in [-0.15, -0.1) is 0 Å². The first-order valence-corrected chi connectivity index (χ1v) is 9.07. The molecule has 0 bridgehead atoms. The van der Waals surface area contributed by atoms with E-state index in [1.165, 1.54) is 19.2 Å². The zero-order chi connectivity index (χ0) is 17.4. The summed E-state index contributed by atoms with van der Waals surface area (Å²) >= 11 is 0. The van der Waals surface area contributed by atoms with E-state index in [1.54, 1.807) is 42.5 Å². The third kappa shape index (κ3) is 2.42. The van der Waals surface area contributed by atoms with Gasteiger partial charge in [0, 0.05) is 13.0 Å². The van der Waals surface area contributed by atoms with Gasteiger partial charge < -0.3 is 9.84 Å². The van der Waals surface area contributed by atoms with Gasteiger partial charge in [-0.2, -0.15) is 0 Å². The van der Waals surface area contributed by atoms with Gasteiger partial charge in [-0.3, -0.25) is 4.79 Å². The topological polar surface area (TPSA) is 80.7 Å². The first-order valence-electron chi connectivity index (χ1n) is 7.52. The van der Waals surface area contributed by atoms with E-state index >= 15 is 0 Å². The van der Waals surface area contributed by atoms with Crippen molar-refractivity contribution in [3.05, 3.63) is 66.2 Å². The zero-order valence-electron chi connectivity index (χ0n) is 13.1. The molecule has 3 rings (SSSR count). The van der Waals surface area contributed by atoms with Crippen LogP contribution in [0.2, 0.25) is 0 Å². The van der Waals surface area contributed by atoms with Gasteiger partial charge in [0.1, 0.15) is 5.41 Å². The van der Waals surface area contributed by atoms with Crippen molar-refractivity contribution >= 4 is 15.8 Å². The van der Waals surface area contributed by atoms with Crippen LogP contribution in [0.1, 0.15) is 11.5 Å². The number of ether oxygens (including phenoxy) is 1. The maximum atomic E-state index is 13.1. The summed E-state index contributed by atoms with van der Waals surface area (Å²) in [5.74, 6) is -1.79. The molecule has 2 aromatic carbocycles. The summed E-state index contributed by atoms with van der Waals surface area (Å²) in [6.07, 6.45) is 0. The zero-order valence-corrected chi connectivity index (χ0v) is 13.9. The van der Waals surface area contributed by atoms with Crippen molar-refractivity contribution < 1.29 is 23.1 Å². The minimum atomic E-state index is -3.80. The van der Waals surface area contributed by atoms with Crippen molar-refractivity contribution in [1.29, 1.82) is 0 Å². The highest BCUT2D eigenvalue weighted by Gasteiger charge is 2.76. The van der Waals surface area contributed by atoms with Gasteiger partial charge in [0.05, 0.1) is 16.8 Å². The van der Waals surface area contributed by atoms with Crippen LogP contribution in [0, 0.1) is 5.41 Å². The summed E-state index contributed by atoms with van der Waals surface area (Å²) in [5.41, 5.74) is -0.772. The molecular weight excluding hydrogens is 328 g/mol. The predicted molar refractivity (Wildman–Crippen MR) is 88.5 cm³/mol. The Morgan fingerprint density at radius 2 is 1.62 bits per heavy atom. The molecule has 6 heteroatoms. The number of hydrogen-bond acceptors (Lipinski definition) is 4. The second-order valence-electron chi connectivity index (χ2n) is 5.95. The Morgan fingerprint density at radius 1 is 1.08 bits per heavy atom. The number of carboxylic acid groups (broad SMARTS) is 1. The Labute approximate surface area is 140 Å². The van der Waals surface area contributed by atoms with Crippen LogP contribution in [0.15, 0.2) is 65.6 Å². The van der Waals surface area contributed by atoms with Crippen molar-refractivity contribution in [1.82, 2.24) is 0 Å². The minimum Gasteiger partial charge on any atom is -0.481 e. The predicted octanol–water partition coefficient (Wildman–Crippen LogP) is 2.34. The molecule has 0 aromatic heterocycles. The number of carboxylic acids is 1. The van der Waals surface area contributed by atoms with E-state index < -0.39 is 32.4 Å². The number of hydrogen-bond donors (Lipinski definition) is 1. The van der Waals surface area contributed by atoms with E-state index in [2.05, 4.69) is 0 Å². The fourth-order valence-electron chi connectivity index (χ4n) is 3.48. The van der Waals surface area contributed by atoms with Gasteiger partial charge in [0.15, 0.2) is 9.84 Å². The normalized spacial score (nSPS) is 26.0. The van der Waals surface area contributed by atoms with Crippen molar-refractivity contribution in [2.75, 3.05) is 13.7 Å². The van der Waals surface area contributed by atoms with Crippen LogP contribution in [0.25, 0.3) is 0 Å². The molecule has 24 heavy (non-hydrogen) atoms. The Bertz CT molecular complexity index is 832. The first kappa shape index (κ1) is 16.7. The van der Waals surface area contributed by atoms with Crippen LogP contribution in [-0.4, -0.2) is 38.5 Å². The van der Waals surface area contributed by atoms with Crippen LogP contribution >= 0.6 is 0 Å². The molecule has 0 spiro atoms. The molecule has 0 amide bonds. The summed E-state index contributed by atoms with van der Waals surface area (Å²) in [4.78, 5) is 12.1. The fraction of sp³-hybridized carbons (Fsp3) is 0.278. The largest absolute Gasteiger partial charge is 0.481 e. The monoisotopic (exact) mass is 346 g/mol. The molecule has 1 fully saturated rings. The van der Waals surface area contributed by atoms with Gasteiger partial charge >= 0.3 is 5.97 Å². The SMILES string of the molecule is COC[C@@]1(C(=O)O)[C@H](S(=O)(=O)c2ccccc2)[C@@H]1c1ccccc1. The number of aliphatic carboxylic acids is 1. The molecule has 3 atom stereocenters.